The Morgan fingerprint density at radius 1 is 1.50 bits per heavy atom. The summed E-state index contributed by atoms with van der Waals surface area (Å²) in [5.74, 6) is 0.697. The third-order valence-electron chi connectivity index (χ3n) is 2.32. The first kappa shape index (κ1) is 13.4. The van der Waals surface area contributed by atoms with Crippen LogP contribution < -0.4 is 5.73 Å². The fraction of sp³-hybridized carbons (Fsp3) is 0.909. The second kappa shape index (κ2) is 5.35. The normalized spacial score (nSPS) is 13.9. The molecule has 0 rings (SSSR count). The summed E-state index contributed by atoms with van der Waals surface area (Å²) in [6.45, 7) is 8.86. The van der Waals surface area contributed by atoms with Gasteiger partial charge in [0.25, 0.3) is 0 Å². The summed E-state index contributed by atoms with van der Waals surface area (Å²) in [6.07, 6.45) is 1.52. The van der Waals surface area contributed by atoms with Gasteiger partial charge in [-0.25, -0.2) is 0 Å². The molecule has 0 saturated heterocycles. The molecule has 0 bridgehead atoms. The van der Waals surface area contributed by atoms with Gasteiger partial charge in [0.15, 0.2) is 0 Å². The van der Waals surface area contributed by atoms with E-state index in [9.17, 15) is 4.79 Å². The smallest absolute Gasteiger partial charge is 0.224 e. The molecule has 0 radical (unpaired) electrons. The van der Waals surface area contributed by atoms with Crippen LogP contribution in [0.4, 0.5) is 0 Å². The molecule has 0 saturated carbocycles. The number of rotatable bonds is 5. The van der Waals surface area contributed by atoms with Crippen molar-refractivity contribution in [3.63, 3.8) is 0 Å². The number of amides is 1. The van der Waals surface area contributed by atoms with Gasteiger partial charge in [-0.3, -0.25) is 4.79 Å². The summed E-state index contributed by atoms with van der Waals surface area (Å²) >= 11 is 0. The van der Waals surface area contributed by atoms with Crippen LogP contribution in [0, 0.1) is 5.92 Å². The molecule has 0 heterocycles. The first-order valence-corrected chi connectivity index (χ1v) is 5.29. The molecule has 2 N–H and O–H groups in total. The molecule has 0 aromatic carbocycles. The van der Waals surface area contributed by atoms with Gasteiger partial charge in [-0.15, -0.1) is 0 Å². The number of hydrogen-bond donors (Lipinski definition) is 1. The maximum absolute atomic E-state index is 11.7. The summed E-state index contributed by atoms with van der Waals surface area (Å²) in [5, 5.41) is 0. The third kappa shape index (κ3) is 5.97. The number of nitrogens with zero attached hydrogens (tertiary/aromatic N) is 1. The Kier molecular flexibility index (Phi) is 5.13. The van der Waals surface area contributed by atoms with Gasteiger partial charge in [-0.05, 0) is 19.8 Å². The second-order valence-corrected chi connectivity index (χ2v) is 4.95. The monoisotopic (exact) mass is 200 g/mol. The van der Waals surface area contributed by atoms with Crippen molar-refractivity contribution >= 4 is 5.91 Å². The summed E-state index contributed by atoms with van der Waals surface area (Å²) in [7, 11) is 1.85. The van der Waals surface area contributed by atoms with Crippen LogP contribution in [-0.2, 0) is 4.79 Å². The highest BCUT2D eigenvalue weighted by Gasteiger charge is 2.19. The van der Waals surface area contributed by atoms with Crippen molar-refractivity contribution in [3.05, 3.63) is 0 Å². The van der Waals surface area contributed by atoms with E-state index < -0.39 is 5.54 Å². The minimum absolute atomic E-state index is 0.137. The lowest BCUT2D eigenvalue weighted by atomic mass is 10.0. The fourth-order valence-corrected chi connectivity index (χ4v) is 1.22. The van der Waals surface area contributed by atoms with Gasteiger partial charge < -0.3 is 10.6 Å². The van der Waals surface area contributed by atoms with Crippen LogP contribution in [0.5, 0.6) is 0 Å². The van der Waals surface area contributed by atoms with Gasteiger partial charge in [0.2, 0.25) is 5.91 Å². The van der Waals surface area contributed by atoms with E-state index in [4.69, 9.17) is 5.73 Å². The fourth-order valence-electron chi connectivity index (χ4n) is 1.22. The van der Waals surface area contributed by atoms with Crippen molar-refractivity contribution < 1.29 is 4.79 Å². The molecule has 84 valence electrons. The quantitative estimate of drug-likeness (QED) is 0.733. The van der Waals surface area contributed by atoms with E-state index in [-0.39, 0.29) is 5.91 Å². The number of hydrogen-bond acceptors (Lipinski definition) is 2. The lowest BCUT2D eigenvalue weighted by molar-refractivity contribution is -0.131. The van der Waals surface area contributed by atoms with E-state index in [1.165, 1.54) is 0 Å². The van der Waals surface area contributed by atoms with E-state index in [0.717, 1.165) is 13.0 Å². The number of nitrogens with two attached hydrogens (primary N) is 1. The SMILES string of the molecule is CCC(C)CN(C)C(=O)CC(C)(C)N. The Morgan fingerprint density at radius 3 is 2.36 bits per heavy atom. The van der Waals surface area contributed by atoms with Crippen molar-refractivity contribution in [3.8, 4) is 0 Å². The zero-order valence-electron chi connectivity index (χ0n) is 10.1. The molecule has 1 unspecified atom stereocenters. The molecule has 0 aliphatic heterocycles. The van der Waals surface area contributed by atoms with Crippen molar-refractivity contribution in [2.75, 3.05) is 13.6 Å². The first-order valence-electron chi connectivity index (χ1n) is 5.29. The molecule has 1 amide bonds. The minimum Gasteiger partial charge on any atom is -0.345 e. The van der Waals surface area contributed by atoms with E-state index >= 15 is 0 Å². The van der Waals surface area contributed by atoms with Gasteiger partial charge in [0.05, 0.1) is 0 Å². The predicted molar refractivity (Wildman–Crippen MR) is 60.0 cm³/mol. The van der Waals surface area contributed by atoms with Gasteiger partial charge in [0, 0.05) is 25.6 Å². The van der Waals surface area contributed by atoms with Crippen LogP contribution in [-0.4, -0.2) is 29.9 Å². The molecule has 3 heteroatoms. The predicted octanol–water partition coefficient (Wildman–Crippen LogP) is 1.62. The van der Waals surface area contributed by atoms with Gasteiger partial charge in [0.1, 0.15) is 0 Å². The Bertz CT molecular complexity index is 184. The molecule has 0 aromatic heterocycles. The number of carbonyl (C=O) groups excluding carboxylic acids is 1. The zero-order chi connectivity index (χ0) is 11.4. The van der Waals surface area contributed by atoms with Gasteiger partial charge in [-0.2, -0.15) is 0 Å². The summed E-state index contributed by atoms with van der Waals surface area (Å²) in [6, 6.07) is 0. The van der Waals surface area contributed by atoms with Crippen LogP contribution in [0.2, 0.25) is 0 Å². The maximum Gasteiger partial charge on any atom is 0.224 e. The van der Waals surface area contributed by atoms with Crippen LogP contribution in [0.3, 0.4) is 0 Å². The highest BCUT2D eigenvalue weighted by atomic mass is 16.2. The highest BCUT2D eigenvalue weighted by molar-refractivity contribution is 5.77. The van der Waals surface area contributed by atoms with Crippen molar-refractivity contribution in [1.29, 1.82) is 0 Å². The first-order chi connectivity index (χ1) is 6.26. The number of carbonyl (C=O) groups is 1. The molecule has 0 aliphatic carbocycles. The standard InChI is InChI=1S/C11H24N2O/c1-6-9(2)8-13(5)10(14)7-11(3,4)12/h9H,6-8,12H2,1-5H3. The molecule has 0 spiro atoms. The highest BCUT2D eigenvalue weighted by Crippen LogP contribution is 2.08. The molecule has 14 heavy (non-hydrogen) atoms. The molecule has 3 nitrogen and oxygen atoms in total. The largest absolute Gasteiger partial charge is 0.345 e. The molecule has 0 aliphatic rings. The Balaban J connectivity index is 4.00. The van der Waals surface area contributed by atoms with E-state index in [1.807, 2.05) is 20.9 Å². The molecule has 1 atom stereocenters. The van der Waals surface area contributed by atoms with Crippen LogP contribution in [0.1, 0.15) is 40.5 Å². The van der Waals surface area contributed by atoms with Crippen LogP contribution in [0.15, 0.2) is 0 Å². The minimum atomic E-state index is -0.402. The van der Waals surface area contributed by atoms with Crippen molar-refractivity contribution in [2.45, 2.75) is 46.1 Å². The van der Waals surface area contributed by atoms with E-state index in [0.29, 0.717) is 12.3 Å². The Hall–Kier alpha value is -0.570. The van der Waals surface area contributed by atoms with E-state index in [2.05, 4.69) is 13.8 Å². The van der Waals surface area contributed by atoms with Gasteiger partial charge in [-0.1, -0.05) is 20.3 Å². The lowest BCUT2D eigenvalue weighted by Gasteiger charge is -2.25. The molecular formula is C11H24N2O. The second-order valence-electron chi connectivity index (χ2n) is 4.95. The Labute approximate surface area is 87.6 Å². The summed E-state index contributed by atoms with van der Waals surface area (Å²) < 4.78 is 0. The maximum atomic E-state index is 11.7. The topological polar surface area (TPSA) is 46.3 Å². The van der Waals surface area contributed by atoms with Gasteiger partial charge >= 0.3 is 0 Å². The van der Waals surface area contributed by atoms with Crippen molar-refractivity contribution in [2.24, 2.45) is 11.7 Å². The molecule has 0 aromatic rings. The average Bonchev–Trinajstić information content (AvgIpc) is 2.00. The zero-order valence-corrected chi connectivity index (χ0v) is 10.1. The van der Waals surface area contributed by atoms with Crippen LogP contribution >= 0.6 is 0 Å². The molecular weight excluding hydrogens is 176 g/mol. The average molecular weight is 200 g/mol. The summed E-state index contributed by atoms with van der Waals surface area (Å²) in [5.41, 5.74) is 5.39. The Morgan fingerprint density at radius 2 is 2.00 bits per heavy atom. The molecule has 0 fully saturated rings. The van der Waals surface area contributed by atoms with Crippen LogP contribution in [0.25, 0.3) is 0 Å². The third-order valence-corrected chi connectivity index (χ3v) is 2.32. The van der Waals surface area contributed by atoms with Crippen molar-refractivity contribution in [1.82, 2.24) is 4.90 Å². The summed E-state index contributed by atoms with van der Waals surface area (Å²) in [4.78, 5) is 13.4. The lowest BCUT2D eigenvalue weighted by Crippen LogP contribution is -2.40. The van der Waals surface area contributed by atoms with E-state index in [1.54, 1.807) is 4.90 Å².